The molecule has 4 rings (SSSR count). The van der Waals surface area contributed by atoms with E-state index < -0.39 is 23.8 Å². The van der Waals surface area contributed by atoms with Gasteiger partial charge in [0.25, 0.3) is 5.91 Å². The minimum Gasteiger partial charge on any atom is -0.443 e. The van der Waals surface area contributed by atoms with Crippen molar-refractivity contribution in [2.75, 3.05) is 5.32 Å². The average Bonchev–Trinajstić information content (AvgIpc) is 3.18. The van der Waals surface area contributed by atoms with Crippen molar-refractivity contribution in [3.8, 4) is 0 Å². The van der Waals surface area contributed by atoms with Gasteiger partial charge in [-0.3, -0.25) is 4.79 Å². The number of amides is 1. The maximum Gasteiger partial charge on any atom is 0.349 e. The Labute approximate surface area is 172 Å². The average molecular weight is 409 g/mol. The lowest BCUT2D eigenvalue weighted by atomic mass is 9.99. The third-order valence-corrected chi connectivity index (χ3v) is 6.09. The van der Waals surface area contributed by atoms with Crippen LogP contribution in [0.3, 0.4) is 0 Å². The third kappa shape index (κ3) is 4.54. The Morgan fingerprint density at radius 2 is 1.72 bits per heavy atom. The summed E-state index contributed by atoms with van der Waals surface area (Å²) in [6.45, 7) is 0. The molecule has 1 amide bonds. The number of rotatable bonds is 5. The monoisotopic (exact) mass is 409 g/mol. The van der Waals surface area contributed by atoms with Crippen LogP contribution >= 0.6 is 11.3 Å². The van der Waals surface area contributed by atoms with E-state index in [0.29, 0.717) is 16.1 Å². The molecular weight excluding hydrogens is 389 g/mol. The van der Waals surface area contributed by atoms with Gasteiger partial charge >= 0.3 is 5.97 Å². The molecule has 0 spiro atoms. The molecule has 148 valence electrons. The fourth-order valence-electron chi connectivity index (χ4n) is 3.40. The Morgan fingerprint density at radius 1 is 1.00 bits per heavy atom. The van der Waals surface area contributed by atoms with Crippen LogP contribution in [0.2, 0.25) is 0 Å². The molecule has 0 saturated heterocycles. The number of ether oxygens (including phenoxy) is 1. The van der Waals surface area contributed by atoms with Crippen molar-refractivity contribution < 1.29 is 18.7 Å². The van der Waals surface area contributed by atoms with Gasteiger partial charge in [-0.05, 0) is 61.6 Å². The first-order valence-corrected chi connectivity index (χ1v) is 10.4. The Bertz CT molecular complexity index is 991. The molecule has 1 N–H and O–H groups in total. The van der Waals surface area contributed by atoms with Gasteiger partial charge < -0.3 is 10.1 Å². The molecule has 1 heterocycles. The Morgan fingerprint density at radius 3 is 2.45 bits per heavy atom. The van der Waals surface area contributed by atoms with Crippen molar-refractivity contribution in [2.24, 2.45) is 0 Å². The van der Waals surface area contributed by atoms with Gasteiger partial charge in [0.15, 0.2) is 0 Å². The lowest BCUT2D eigenvalue weighted by Crippen LogP contribution is -2.25. The normalized spacial score (nSPS) is 14.0. The summed E-state index contributed by atoms with van der Waals surface area (Å²) in [6, 6.07) is 16.2. The molecule has 4 nitrogen and oxygen atoms in total. The highest BCUT2D eigenvalue weighted by Crippen LogP contribution is 2.31. The number of hydrogen-bond donors (Lipinski definition) is 1. The van der Waals surface area contributed by atoms with Gasteiger partial charge in [0.1, 0.15) is 10.7 Å². The van der Waals surface area contributed by atoms with E-state index in [0.717, 1.165) is 25.7 Å². The van der Waals surface area contributed by atoms with E-state index in [9.17, 15) is 14.0 Å². The van der Waals surface area contributed by atoms with E-state index in [1.807, 2.05) is 12.1 Å². The SMILES string of the molecule is O=C(O[C@@H](C(=O)Nc1ccc(F)cc1)c1ccccc1)c1cc2c(s1)CCCC2. The largest absolute Gasteiger partial charge is 0.443 e. The number of hydrogen-bond acceptors (Lipinski definition) is 4. The van der Waals surface area contributed by atoms with Crippen LogP contribution in [0.1, 0.15) is 44.6 Å². The van der Waals surface area contributed by atoms with E-state index in [4.69, 9.17) is 4.74 Å². The summed E-state index contributed by atoms with van der Waals surface area (Å²) in [5.74, 6) is -1.39. The maximum atomic E-state index is 13.1. The molecule has 1 aliphatic rings. The van der Waals surface area contributed by atoms with Gasteiger partial charge in [-0.25, -0.2) is 9.18 Å². The molecule has 2 aromatic carbocycles. The first kappa shape index (κ1) is 19.3. The number of carbonyl (C=O) groups is 2. The molecule has 1 aromatic heterocycles. The molecule has 0 radical (unpaired) electrons. The number of benzene rings is 2. The number of carbonyl (C=O) groups excluding carboxylic acids is 2. The van der Waals surface area contributed by atoms with E-state index in [-0.39, 0.29) is 0 Å². The standard InChI is InChI=1S/C23H20FNO3S/c24-17-10-12-18(13-11-17)25-22(26)21(15-6-2-1-3-7-15)28-23(27)20-14-16-8-4-5-9-19(16)29-20/h1-3,6-7,10-14,21H,4-5,8-9H2,(H,25,26)/t21-/m1/s1. The van der Waals surface area contributed by atoms with Gasteiger partial charge in [-0.1, -0.05) is 30.3 Å². The summed E-state index contributed by atoms with van der Waals surface area (Å²) in [5, 5.41) is 2.69. The Kier molecular flexibility index (Phi) is 5.71. The van der Waals surface area contributed by atoms with Gasteiger partial charge in [-0.2, -0.15) is 0 Å². The smallest absolute Gasteiger partial charge is 0.349 e. The minimum absolute atomic E-state index is 0.393. The lowest BCUT2D eigenvalue weighted by molar-refractivity contribution is -0.125. The summed E-state index contributed by atoms with van der Waals surface area (Å²) in [4.78, 5) is 27.4. The zero-order valence-corrected chi connectivity index (χ0v) is 16.5. The van der Waals surface area contributed by atoms with Crippen molar-refractivity contribution >= 4 is 28.9 Å². The summed E-state index contributed by atoms with van der Waals surface area (Å²) in [5.41, 5.74) is 2.21. The molecule has 0 bridgehead atoms. The van der Waals surface area contributed by atoms with E-state index in [1.165, 1.54) is 46.0 Å². The first-order valence-electron chi connectivity index (χ1n) is 9.54. The number of anilines is 1. The maximum absolute atomic E-state index is 13.1. The zero-order valence-electron chi connectivity index (χ0n) is 15.7. The third-order valence-electron chi connectivity index (χ3n) is 4.87. The van der Waals surface area contributed by atoms with Gasteiger partial charge in [0.2, 0.25) is 6.10 Å². The summed E-state index contributed by atoms with van der Waals surface area (Å²) < 4.78 is 18.8. The van der Waals surface area contributed by atoms with Crippen LogP contribution in [0.25, 0.3) is 0 Å². The summed E-state index contributed by atoms with van der Waals surface area (Å²) in [7, 11) is 0. The molecule has 29 heavy (non-hydrogen) atoms. The molecule has 0 fully saturated rings. The number of aryl methyl sites for hydroxylation is 2. The van der Waals surface area contributed by atoms with Gasteiger partial charge in [-0.15, -0.1) is 11.3 Å². The quantitative estimate of drug-likeness (QED) is 0.582. The summed E-state index contributed by atoms with van der Waals surface area (Å²) >= 11 is 1.45. The van der Waals surface area contributed by atoms with Gasteiger partial charge in [0, 0.05) is 16.1 Å². The van der Waals surface area contributed by atoms with Crippen LogP contribution in [-0.2, 0) is 22.4 Å². The highest BCUT2D eigenvalue weighted by molar-refractivity contribution is 7.14. The van der Waals surface area contributed by atoms with Crippen LogP contribution < -0.4 is 5.32 Å². The molecule has 3 aromatic rings. The number of halogens is 1. The van der Waals surface area contributed by atoms with E-state index in [2.05, 4.69) is 5.32 Å². The molecule has 1 aliphatic carbocycles. The molecule has 1 atom stereocenters. The fraction of sp³-hybridized carbons (Fsp3) is 0.217. The number of thiophene rings is 1. The van der Waals surface area contributed by atoms with Crippen molar-refractivity contribution in [2.45, 2.75) is 31.8 Å². The molecule has 0 saturated carbocycles. The fourth-order valence-corrected chi connectivity index (χ4v) is 4.53. The van der Waals surface area contributed by atoms with Crippen molar-refractivity contribution in [1.82, 2.24) is 0 Å². The minimum atomic E-state index is -1.10. The molecule has 6 heteroatoms. The van der Waals surface area contributed by atoms with E-state index >= 15 is 0 Å². The summed E-state index contributed by atoms with van der Waals surface area (Å²) in [6.07, 6.45) is 3.12. The second-order valence-electron chi connectivity index (χ2n) is 6.96. The zero-order chi connectivity index (χ0) is 20.2. The van der Waals surface area contributed by atoms with Crippen LogP contribution in [0.15, 0.2) is 60.7 Å². The topological polar surface area (TPSA) is 55.4 Å². The highest BCUT2D eigenvalue weighted by Gasteiger charge is 2.27. The lowest BCUT2D eigenvalue weighted by Gasteiger charge is -2.17. The second kappa shape index (κ2) is 8.57. The number of nitrogens with one attached hydrogen (secondary N) is 1. The van der Waals surface area contributed by atoms with Gasteiger partial charge in [0.05, 0.1) is 0 Å². The highest BCUT2D eigenvalue weighted by atomic mass is 32.1. The van der Waals surface area contributed by atoms with Crippen molar-refractivity contribution in [1.29, 1.82) is 0 Å². The van der Waals surface area contributed by atoms with E-state index in [1.54, 1.807) is 24.3 Å². The van der Waals surface area contributed by atoms with Crippen LogP contribution in [0.5, 0.6) is 0 Å². The van der Waals surface area contributed by atoms with Crippen molar-refractivity contribution in [3.63, 3.8) is 0 Å². The number of esters is 1. The van der Waals surface area contributed by atoms with Crippen LogP contribution in [0, 0.1) is 5.82 Å². The first-order chi connectivity index (χ1) is 14.1. The van der Waals surface area contributed by atoms with Crippen LogP contribution in [-0.4, -0.2) is 11.9 Å². The Balaban J connectivity index is 1.55. The molecule has 0 unspecified atom stereocenters. The number of fused-ring (bicyclic) bond motifs is 1. The molecule has 0 aliphatic heterocycles. The Hall–Kier alpha value is -2.99. The molecular formula is C23H20FNO3S. The predicted octanol–water partition coefficient (Wildman–Crippen LogP) is 5.30. The van der Waals surface area contributed by atoms with Crippen LogP contribution in [0.4, 0.5) is 10.1 Å². The second-order valence-corrected chi connectivity index (χ2v) is 8.10. The van der Waals surface area contributed by atoms with Crippen molar-refractivity contribution in [3.05, 3.63) is 87.4 Å². The predicted molar refractivity (Wildman–Crippen MR) is 111 cm³/mol.